The van der Waals surface area contributed by atoms with Crippen LogP contribution in [0.2, 0.25) is 0 Å². The summed E-state index contributed by atoms with van der Waals surface area (Å²) in [6, 6.07) is 55.7. The Morgan fingerprint density at radius 3 is 1.65 bits per heavy atom. The Kier molecular flexibility index (Phi) is 5.25. The van der Waals surface area contributed by atoms with Crippen LogP contribution in [0.4, 0.5) is 0 Å². The second kappa shape index (κ2) is 9.62. The van der Waals surface area contributed by atoms with Crippen molar-refractivity contribution in [3.8, 4) is 22.9 Å². The van der Waals surface area contributed by atoms with Gasteiger partial charge in [0.25, 0.3) is 0 Å². The number of rotatable bonds is 3. The molecule has 0 spiro atoms. The normalized spacial score (nSPS) is 11.9. The van der Waals surface area contributed by atoms with Gasteiger partial charge in [-0.25, -0.2) is 9.97 Å². The van der Waals surface area contributed by atoms with Gasteiger partial charge in [0.1, 0.15) is 0 Å². The maximum absolute atomic E-state index is 5.39. The van der Waals surface area contributed by atoms with E-state index in [2.05, 4.69) is 161 Å². The van der Waals surface area contributed by atoms with E-state index in [1.54, 1.807) is 0 Å². The first-order chi connectivity index (χ1) is 22.9. The fourth-order valence-electron chi connectivity index (χ4n) is 7.42. The molecule has 0 amide bonds. The van der Waals surface area contributed by atoms with Crippen molar-refractivity contribution in [1.82, 2.24) is 19.1 Å². The summed E-state index contributed by atoms with van der Waals surface area (Å²) in [6.07, 6.45) is 0. The van der Waals surface area contributed by atoms with Crippen molar-refractivity contribution < 1.29 is 0 Å². The summed E-state index contributed by atoms with van der Waals surface area (Å²) < 4.78 is 4.73. The first-order valence-electron chi connectivity index (χ1n) is 15.6. The highest BCUT2D eigenvalue weighted by Gasteiger charge is 2.25. The first-order valence-corrected chi connectivity index (χ1v) is 15.6. The summed E-state index contributed by atoms with van der Waals surface area (Å²) in [4.78, 5) is 10.7. The summed E-state index contributed by atoms with van der Waals surface area (Å²) in [7, 11) is 0. The predicted molar refractivity (Wildman–Crippen MR) is 191 cm³/mol. The molecule has 4 nitrogen and oxygen atoms in total. The summed E-state index contributed by atoms with van der Waals surface area (Å²) in [6.45, 7) is 0. The van der Waals surface area contributed by atoms with Crippen molar-refractivity contribution in [3.63, 3.8) is 0 Å². The fraction of sp³-hybridized carbons (Fsp3) is 0. The quantitative estimate of drug-likeness (QED) is 0.206. The summed E-state index contributed by atoms with van der Waals surface area (Å²) in [5.41, 5.74) is 8.60. The van der Waals surface area contributed by atoms with Crippen LogP contribution < -0.4 is 0 Å². The number of hydrogen-bond acceptors (Lipinski definition) is 2. The molecule has 46 heavy (non-hydrogen) atoms. The zero-order valence-corrected chi connectivity index (χ0v) is 24.8. The van der Waals surface area contributed by atoms with Gasteiger partial charge in [-0.05, 0) is 35.7 Å². The van der Waals surface area contributed by atoms with Crippen molar-refractivity contribution in [2.24, 2.45) is 0 Å². The van der Waals surface area contributed by atoms with Gasteiger partial charge >= 0.3 is 0 Å². The van der Waals surface area contributed by atoms with E-state index in [4.69, 9.17) is 9.97 Å². The molecule has 0 atom stereocenters. The largest absolute Gasteiger partial charge is 0.309 e. The van der Waals surface area contributed by atoms with E-state index < -0.39 is 0 Å². The molecule has 0 aliphatic carbocycles. The van der Waals surface area contributed by atoms with Crippen LogP contribution in [-0.2, 0) is 0 Å². The fourth-order valence-corrected chi connectivity index (χ4v) is 7.42. The highest BCUT2D eigenvalue weighted by Crippen LogP contribution is 2.46. The van der Waals surface area contributed by atoms with Crippen LogP contribution in [0.3, 0.4) is 0 Å². The minimum Gasteiger partial charge on any atom is -0.309 e. The summed E-state index contributed by atoms with van der Waals surface area (Å²) >= 11 is 0. The number of nitrogens with zero attached hydrogens (tertiary/aromatic N) is 4. The zero-order chi connectivity index (χ0) is 30.2. The third-order valence-corrected chi connectivity index (χ3v) is 9.29. The van der Waals surface area contributed by atoms with Crippen LogP contribution in [0.15, 0.2) is 158 Å². The van der Waals surface area contributed by atoms with E-state index in [-0.39, 0.29) is 0 Å². The van der Waals surface area contributed by atoms with Crippen LogP contribution in [0, 0.1) is 0 Å². The molecule has 0 aliphatic rings. The van der Waals surface area contributed by atoms with Crippen molar-refractivity contribution in [1.29, 1.82) is 0 Å². The van der Waals surface area contributed by atoms with E-state index in [1.807, 2.05) is 6.07 Å². The molecule has 0 bridgehead atoms. The minimum atomic E-state index is 0.664. The first kappa shape index (κ1) is 25.1. The molecule has 3 aromatic heterocycles. The molecule has 0 radical (unpaired) electrons. The molecule has 4 heteroatoms. The van der Waals surface area contributed by atoms with Gasteiger partial charge in [-0.2, -0.15) is 0 Å². The number of aromatic nitrogens is 4. The van der Waals surface area contributed by atoms with Gasteiger partial charge < -0.3 is 4.57 Å². The Bertz CT molecular complexity index is 2790. The zero-order valence-electron chi connectivity index (χ0n) is 24.8. The molecule has 7 aromatic carbocycles. The molecule has 0 N–H and O–H groups in total. The Labute approximate surface area is 264 Å². The van der Waals surface area contributed by atoms with Crippen molar-refractivity contribution in [3.05, 3.63) is 158 Å². The van der Waals surface area contributed by atoms with E-state index in [0.717, 1.165) is 38.9 Å². The Balaban J connectivity index is 1.48. The second-order valence-corrected chi connectivity index (χ2v) is 11.8. The SMILES string of the molecule is c1ccc(-c2nc(-n3c4ccccc4c4c5ccccc5c5c(c6ccccc6n5-c5ccccc5)c43)nc3ccccc23)cc1. The van der Waals surface area contributed by atoms with E-state index in [0.29, 0.717) is 5.95 Å². The molecule has 3 heterocycles. The smallest absolute Gasteiger partial charge is 0.235 e. The number of hydrogen-bond donors (Lipinski definition) is 0. The topological polar surface area (TPSA) is 35.6 Å². The van der Waals surface area contributed by atoms with Crippen LogP contribution >= 0.6 is 0 Å². The monoisotopic (exact) mass is 586 g/mol. The molecule has 214 valence electrons. The van der Waals surface area contributed by atoms with Gasteiger partial charge in [0, 0.05) is 43.6 Å². The average molecular weight is 587 g/mol. The highest BCUT2D eigenvalue weighted by atomic mass is 15.2. The average Bonchev–Trinajstić information content (AvgIpc) is 3.66. The Morgan fingerprint density at radius 2 is 0.913 bits per heavy atom. The lowest BCUT2D eigenvalue weighted by Gasteiger charge is -2.14. The molecule has 10 rings (SSSR count). The van der Waals surface area contributed by atoms with Crippen molar-refractivity contribution in [2.75, 3.05) is 0 Å². The van der Waals surface area contributed by atoms with Crippen LogP contribution in [0.25, 0.3) is 88.2 Å². The lowest BCUT2D eigenvalue weighted by Crippen LogP contribution is -2.04. The van der Waals surface area contributed by atoms with Gasteiger partial charge in [0.2, 0.25) is 5.95 Å². The molecular formula is C42H26N4. The standard InChI is InChI=1S/C42H26N4/c1-3-15-27(16-4-1)39-31-21-9-12-24-34(31)43-42(44-39)46-36-26-14-10-22-32(36)37-29-19-7-8-20-30(29)40-38(41(37)46)33-23-11-13-25-35(33)45(40)28-17-5-2-6-18-28/h1-26H. The lowest BCUT2D eigenvalue weighted by atomic mass is 9.99. The van der Waals surface area contributed by atoms with Crippen LogP contribution in [0.5, 0.6) is 0 Å². The second-order valence-electron chi connectivity index (χ2n) is 11.8. The van der Waals surface area contributed by atoms with Crippen molar-refractivity contribution in [2.45, 2.75) is 0 Å². The van der Waals surface area contributed by atoms with Crippen LogP contribution in [0.1, 0.15) is 0 Å². The number of fused-ring (bicyclic) bond motifs is 11. The maximum atomic E-state index is 5.39. The predicted octanol–water partition coefficient (Wildman–Crippen LogP) is 10.6. The Morgan fingerprint density at radius 1 is 0.370 bits per heavy atom. The molecule has 0 fully saturated rings. The molecule has 0 aliphatic heterocycles. The Hall–Kier alpha value is -6.26. The molecule has 0 saturated heterocycles. The summed E-state index contributed by atoms with van der Waals surface area (Å²) in [5, 5.41) is 8.27. The highest BCUT2D eigenvalue weighted by molar-refractivity contribution is 6.36. The number of benzene rings is 7. The van der Waals surface area contributed by atoms with E-state index >= 15 is 0 Å². The van der Waals surface area contributed by atoms with Crippen molar-refractivity contribution >= 4 is 65.3 Å². The molecule has 0 saturated carbocycles. The van der Waals surface area contributed by atoms with E-state index in [9.17, 15) is 0 Å². The van der Waals surface area contributed by atoms with Gasteiger partial charge in [-0.3, -0.25) is 4.57 Å². The number of para-hydroxylation sites is 4. The third kappa shape index (κ3) is 3.44. The molecule has 10 aromatic rings. The summed E-state index contributed by atoms with van der Waals surface area (Å²) in [5.74, 6) is 0.664. The molecular weight excluding hydrogens is 560 g/mol. The van der Waals surface area contributed by atoms with Gasteiger partial charge in [-0.1, -0.05) is 127 Å². The molecule has 0 unspecified atom stereocenters. The van der Waals surface area contributed by atoms with Gasteiger partial charge in [0.05, 0.1) is 33.3 Å². The van der Waals surface area contributed by atoms with E-state index in [1.165, 1.54) is 43.4 Å². The lowest BCUT2D eigenvalue weighted by molar-refractivity contribution is 1.02. The maximum Gasteiger partial charge on any atom is 0.235 e. The third-order valence-electron chi connectivity index (χ3n) is 9.29. The van der Waals surface area contributed by atoms with Crippen LogP contribution in [-0.4, -0.2) is 19.1 Å². The van der Waals surface area contributed by atoms with Gasteiger partial charge in [0.15, 0.2) is 0 Å². The van der Waals surface area contributed by atoms with Gasteiger partial charge in [-0.15, -0.1) is 0 Å². The minimum absolute atomic E-state index is 0.664.